The van der Waals surface area contributed by atoms with Gasteiger partial charge in [-0.2, -0.15) is 5.26 Å². The Hall–Kier alpha value is -2.60. The maximum absolute atomic E-state index is 12.3. The van der Waals surface area contributed by atoms with Gasteiger partial charge in [0.2, 0.25) is 0 Å². The Balaban J connectivity index is 1.81. The predicted octanol–water partition coefficient (Wildman–Crippen LogP) is 3.07. The van der Waals surface area contributed by atoms with Crippen LogP contribution < -0.4 is 5.32 Å². The molecule has 1 fully saturated rings. The molecule has 0 radical (unpaired) electrons. The van der Waals surface area contributed by atoms with E-state index in [4.69, 9.17) is 5.26 Å². The molecule has 0 aromatic heterocycles. The lowest BCUT2D eigenvalue weighted by molar-refractivity contribution is 0.0909. The van der Waals surface area contributed by atoms with Gasteiger partial charge in [-0.1, -0.05) is 30.3 Å². The van der Waals surface area contributed by atoms with Crippen molar-refractivity contribution in [2.45, 2.75) is 24.3 Å². The highest BCUT2D eigenvalue weighted by Gasteiger charge is 2.55. The van der Waals surface area contributed by atoms with Gasteiger partial charge in [-0.25, -0.2) is 0 Å². The molecular formula is C18H14N2O. The van der Waals surface area contributed by atoms with E-state index in [-0.39, 0.29) is 17.4 Å². The highest BCUT2D eigenvalue weighted by atomic mass is 16.1. The minimum atomic E-state index is -0.00233. The molecule has 1 saturated carbocycles. The average Bonchev–Trinajstić information content (AvgIpc) is 3.33. The van der Waals surface area contributed by atoms with E-state index in [2.05, 4.69) is 17.5 Å². The fourth-order valence-corrected chi connectivity index (χ4v) is 3.46. The lowest BCUT2D eigenvalue weighted by atomic mass is 9.78. The number of hydrogen-bond donors (Lipinski definition) is 1. The van der Waals surface area contributed by atoms with Gasteiger partial charge in [-0.3, -0.25) is 4.79 Å². The number of nitrogens with one attached hydrogen (secondary N) is 1. The number of hydrogen-bond acceptors (Lipinski definition) is 2. The van der Waals surface area contributed by atoms with Crippen molar-refractivity contribution in [2.24, 2.45) is 0 Å². The Bertz CT molecular complexity index is 767. The highest BCUT2D eigenvalue weighted by Crippen LogP contribution is 2.59. The SMILES string of the molecule is N#Cc1ccc(C2NC(=O)c3ccccc3C23CC3)cc1. The van der Waals surface area contributed by atoms with E-state index >= 15 is 0 Å². The van der Waals surface area contributed by atoms with Crippen LogP contribution in [0.3, 0.4) is 0 Å². The van der Waals surface area contributed by atoms with E-state index in [9.17, 15) is 4.79 Å². The minimum absolute atomic E-state index is 0.00233. The summed E-state index contributed by atoms with van der Waals surface area (Å²) in [4.78, 5) is 12.3. The molecule has 2 aromatic carbocycles. The number of amides is 1. The van der Waals surface area contributed by atoms with Gasteiger partial charge < -0.3 is 5.32 Å². The number of carbonyl (C=O) groups excluding carboxylic acids is 1. The summed E-state index contributed by atoms with van der Waals surface area (Å²) in [5, 5.41) is 12.1. The molecule has 1 aliphatic carbocycles. The normalized spacial score (nSPS) is 21.3. The summed E-state index contributed by atoms with van der Waals surface area (Å²) in [5.74, 6) is -0.00233. The highest BCUT2D eigenvalue weighted by molar-refractivity contribution is 5.98. The molecule has 1 spiro atoms. The summed E-state index contributed by atoms with van der Waals surface area (Å²) in [5.41, 5.74) is 3.74. The van der Waals surface area contributed by atoms with E-state index in [1.807, 2.05) is 42.5 Å². The van der Waals surface area contributed by atoms with Crippen LogP contribution in [-0.4, -0.2) is 5.91 Å². The Labute approximate surface area is 123 Å². The lowest BCUT2D eigenvalue weighted by Crippen LogP contribution is -2.42. The fourth-order valence-electron chi connectivity index (χ4n) is 3.46. The smallest absolute Gasteiger partial charge is 0.252 e. The van der Waals surface area contributed by atoms with E-state index < -0.39 is 0 Å². The number of nitriles is 1. The molecule has 21 heavy (non-hydrogen) atoms. The third-order valence-electron chi connectivity index (χ3n) is 4.70. The van der Waals surface area contributed by atoms with Gasteiger partial charge in [0.15, 0.2) is 0 Å². The van der Waals surface area contributed by atoms with Crippen molar-refractivity contribution in [1.82, 2.24) is 5.32 Å². The summed E-state index contributed by atoms with van der Waals surface area (Å²) < 4.78 is 0. The summed E-state index contributed by atoms with van der Waals surface area (Å²) >= 11 is 0. The average molecular weight is 274 g/mol. The molecular weight excluding hydrogens is 260 g/mol. The lowest BCUT2D eigenvalue weighted by Gasteiger charge is -2.35. The summed E-state index contributed by atoms with van der Waals surface area (Å²) in [6, 6.07) is 17.6. The van der Waals surface area contributed by atoms with Gasteiger partial charge in [0.25, 0.3) is 5.91 Å². The van der Waals surface area contributed by atoms with Gasteiger partial charge >= 0.3 is 0 Å². The number of benzene rings is 2. The molecule has 1 N–H and O–H groups in total. The van der Waals surface area contributed by atoms with Gasteiger partial charge in [0.05, 0.1) is 17.7 Å². The van der Waals surface area contributed by atoms with Crippen LogP contribution in [0.2, 0.25) is 0 Å². The fraction of sp³-hybridized carbons (Fsp3) is 0.222. The Kier molecular flexibility index (Phi) is 2.43. The van der Waals surface area contributed by atoms with E-state index in [1.54, 1.807) is 0 Å². The van der Waals surface area contributed by atoms with Crippen molar-refractivity contribution in [3.8, 4) is 6.07 Å². The molecule has 102 valence electrons. The van der Waals surface area contributed by atoms with Crippen molar-refractivity contribution < 1.29 is 4.79 Å². The van der Waals surface area contributed by atoms with Gasteiger partial charge in [-0.05, 0) is 42.2 Å². The topological polar surface area (TPSA) is 52.9 Å². The third kappa shape index (κ3) is 1.69. The maximum atomic E-state index is 12.3. The van der Waals surface area contributed by atoms with Crippen LogP contribution in [0, 0.1) is 11.3 Å². The maximum Gasteiger partial charge on any atom is 0.252 e. The predicted molar refractivity (Wildman–Crippen MR) is 78.7 cm³/mol. The van der Waals surface area contributed by atoms with Crippen molar-refractivity contribution in [3.63, 3.8) is 0 Å². The number of nitrogens with zero attached hydrogens (tertiary/aromatic N) is 1. The second-order valence-corrected chi connectivity index (χ2v) is 5.84. The number of fused-ring (bicyclic) bond motifs is 2. The van der Waals surface area contributed by atoms with Gasteiger partial charge in [-0.15, -0.1) is 0 Å². The summed E-state index contributed by atoms with van der Waals surface area (Å²) in [6.07, 6.45) is 2.18. The summed E-state index contributed by atoms with van der Waals surface area (Å²) in [6.45, 7) is 0. The molecule has 3 nitrogen and oxygen atoms in total. The Morgan fingerprint density at radius 1 is 1.10 bits per heavy atom. The largest absolute Gasteiger partial charge is 0.344 e. The molecule has 4 rings (SSSR count). The zero-order valence-corrected chi connectivity index (χ0v) is 11.5. The third-order valence-corrected chi connectivity index (χ3v) is 4.70. The second-order valence-electron chi connectivity index (χ2n) is 5.84. The van der Waals surface area contributed by atoms with Crippen molar-refractivity contribution in [2.75, 3.05) is 0 Å². The first kappa shape index (κ1) is 12.2. The first-order valence-corrected chi connectivity index (χ1v) is 7.15. The van der Waals surface area contributed by atoms with Crippen LogP contribution in [0.25, 0.3) is 0 Å². The van der Waals surface area contributed by atoms with Crippen LogP contribution in [0.15, 0.2) is 48.5 Å². The van der Waals surface area contributed by atoms with Crippen LogP contribution in [0.1, 0.15) is 45.9 Å². The zero-order valence-electron chi connectivity index (χ0n) is 11.5. The van der Waals surface area contributed by atoms with Crippen molar-refractivity contribution >= 4 is 5.91 Å². The van der Waals surface area contributed by atoms with Crippen LogP contribution in [-0.2, 0) is 5.41 Å². The van der Waals surface area contributed by atoms with E-state index in [1.165, 1.54) is 5.56 Å². The van der Waals surface area contributed by atoms with Crippen molar-refractivity contribution in [3.05, 3.63) is 70.8 Å². The quantitative estimate of drug-likeness (QED) is 0.868. The van der Waals surface area contributed by atoms with Crippen LogP contribution in [0.4, 0.5) is 0 Å². The van der Waals surface area contributed by atoms with Crippen LogP contribution in [0.5, 0.6) is 0 Å². The number of rotatable bonds is 1. The second kappa shape index (κ2) is 4.20. The molecule has 1 heterocycles. The molecule has 0 saturated heterocycles. The standard InChI is InChI=1S/C18H14N2O/c19-11-12-5-7-13(8-6-12)16-18(9-10-18)15-4-2-1-3-14(15)17(21)20-16/h1-8,16H,9-10H2,(H,20,21). The summed E-state index contributed by atoms with van der Waals surface area (Å²) in [7, 11) is 0. The van der Waals surface area contributed by atoms with Crippen LogP contribution >= 0.6 is 0 Å². The van der Waals surface area contributed by atoms with Crippen molar-refractivity contribution in [1.29, 1.82) is 5.26 Å². The minimum Gasteiger partial charge on any atom is -0.344 e. The Morgan fingerprint density at radius 3 is 2.48 bits per heavy atom. The molecule has 1 unspecified atom stereocenters. The molecule has 3 heteroatoms. The van der Waals surface area contributed by atoms with Gasteiger partial charge in [0.1, 0.15) is 0 Å². The van der Waals surface area contributed by atoms with Gasteiger partial charge in [0, 0.05) is 11.0 Å². The molecule has 2 aromatic rings. The number of carbonyl (C=O) groups is 1. The molecule has 2 aliphatic rings. The zero-order chi connectivity index (χ0) is 14.4. The molecule has 1 amide bonds. The first-order chi connectivity index (χ1) is 10.2. The molecule has 0 bridgehead atoms. The van der Waals surface area contributed by atoms with E-state index in [0.29, 0.717) is 5.56 Å². The Morgan fingerprint density at radius 2 is 1.81 bits per heavy atom. The monoisotopic (exact) mass is 274 g/mol. The van der Waals surface area contributed by atoms with E-state index in [0.717, 1.165) is 24.0 Å². The first-order valence-electron chi connectivity index (χ1n) is 7.15. The molecule has 1 atom stereocenters. The molecule has 1 aliphatic heterocycles.